The summed E-state index contributed by atoms with van der Waals surface area (Å²) in [5.41, 5.74) is 2.25. The van der Waals surface area contributed by atoms with Gasteiger partial charge < -0.3 is 14.2 Å². The molecule has 3 amide bonds. The van der Waals surface area contributed by atoms with Gasteiger partial charge in [0.25, 0.3) is 11.9 Å². The molecule has 0 atom stereocenters. The first kappa shape index (κ1) is 16.8. The third-order valence-corrected chi connectivity index (χ3v) is 5.46. The van der Waals surface area contributed by atoms with Crippen LogP contribution in [0.1, 0.15) is 12.8 Å². The molecule has 2 saturated heterocycles. The molecule has 2 aliphatic heterocycles. The molecule has 142 valence electrons. The first-order chi connectivity index (χ1) is 13.7. The zero-order valence-corrected chi connectivity index (χ0v) is 15.3. The summed E-state index contributed by atoms with van der Waals surface area (Å²) in [6, 6.07) is 17.3. The van der Waals surface area contributed by atoms with Gasteiger partial charge in [-0.05, 0) is 37.1 Å². The number of amides is 3. The van der Waals surface area contributed by atoms with E-state index in [1.54, 1.807) is 17.0 Å². The molecule has 3 heterocycles. The topological polar surface area (TPSA) is 69.9 Å². The minimum atomic E-state index is -0.225. The lowest BCUT2D eigenvalue weighted by Crippen LogP contribution is -2.46. The second-order valence-electron chi connectivity index (χ2n) is 7.16. The van der Waals surface area contributed by atoms with Gasteiger partial charge in [0.2, 0.25) is 0 Å². The Morgan fingerprint density at radius 3 is 2.39 bits per heavy atom. The van der Waals surface area contributed by atoms with Crippen molar-refractivity contribution in [2.24, 2.45) is 0 Å². The van der Waals surface area contributed by atoms with E-state index in [0.29, 0.717) is 11.7 Å². The molecule has 28 heavy (non-hydrogen) atoms. The van der Waals surface area contributed by atoms with E-state index in [0.717, 1.165) is 37.0 Å². The lowest BCUT2D eigenvalue weighted by atomic mass is 10.0. The van der Waals surface area contributed by atoms with Crippen molar-refractivity contribution in [1.82, 2.24) is 9.88 Å². The number of aromatic nitrogens is 1. The molecule has 2 fully saturated rings. The van der Waals surface area contributed by atoms with Crippen LogP contribution >= 0.6 is 0 Å². The summed E-state index contributed by atoms with van der Waals surface area (Å²) >= 11 is 0. The van der Waals surface area contributed by atoms with Gasteiger partial charge in [-0.2, -0.15) is 4.98 Å². The zero-order valence-electron chi connectivity index (χ0n) is 15.3. The van der Waals surface area contributed by atoms with Crippen LogP contribution in [0.25, 0.3) is 11.1 Å². The maximum atomic E-state index is 12.9. The predicted molar refractivity (Wildman–Crippen MR) is 105 cm³/mol. The Kier molecular flexibility index (Phi) is 4.00. The monoisotopic (exact) mass is 376 g/mol. The number of fused-ring (bicyclic) bond motifs is 1. The summed E-state index contributed by atoms with van der Waals surface area (Å²) in [5, 5.41) is 0. The van der Waals surface area contributed by atoms with Crippen molar-refractivity contribution in [3.63, 3.8) is 0 Å². The number of anilines is 2. The van der Waals surface area contributed by atoms with Crippen LogP contribution in [0, 0.1) is 0 Å². The van der Waals surface area contributed by atoms with Crippen LogP contribution in [0.4, 0.5) is 16.5 Å². The molecule has 1 aromatic heterocycles. The van der Waals surface area contributed by atoms with E-state index in [2.05, 4.69) is 9.88 Å². The molecule has 2 aliphatic rings. The molecular formula is C21H20N4O3. The number of hydrogen-bond donors (Lipinski definition) is 0. The highest BCUT2D eigenvalue weighted by Gasteiger charge is 2.41. The number of imide groups is 1. The molecule has 0 aliphatic carbocycles. The van der Waals surface area contributed by atoms with Crippen molar-refractivity contribution >= 4 is 34.7 Å². The Hall–Kier alpha value is -3.35. The maximum absolute atomic E-state index is 12.9. The molecule has 0 saturated carbocycles. The highest BCUT2D eigenvalue weighted by Crippen LogP contribution is 2.29. The number of nitrogens with zero attached hydrogens (tertiary/aromatic N) is 4. The fourth-order valence-corrected chi connectivity index (χ4v) is 4.00. The van der Waals surface area contributed by atoms with E-state index in [9.17, 15) is 9.59 Å². The number of piperidine rings is 1. The molecule has 0 spiro atoms. The normalized spacial score (nSPS) is 18.5. The third-order valence-electron chi connectivity index (χ3n) is 5.46. The zero-order chi connectivity index (χ0) is 19.1. The first-order valence-corrected chi connectivity index (χ1v) is 9.50. The SMILES string of the molecule is O=C1CN(C2CCN(c3nc4ccccc4o3)CC2)C(=O)N1c1ccccc1. The lowest BCUT2D eigenvalue weighted by Gasteiger charge is -2.35. The number of para-hydroxylation sites is 3. The average Bonchev–Trinajstić information content (AvgIpc) is 3.29. The Morgan fingerprint density at radius 1 is 0.929 bits per heavy atom. The van der Waals surface area contributed by atoms with Crippen molar-refractivity contribution in [2.75, 3.05) is 29.4 Å². The Bertz CT molecular complexity index is 991. The van der Waals surface area contributed by atoms with Gasteiger partial charge >= 0.3 is 6.03 Å². The van der Waals surface area contributed by atoms with Gasteiger partial charge in [0.05, 0.1) is 5.69 Å². The average molecular weight is 376 g/mol. The summed E-state index contributed by atoms with van der Waals surface area (Å²) in [6.07, 6.45) is 1.56. The molecule has 7 nitrogen and oxygen atoms in total. The smallest absolute Gasteiger partial charge is 0.332 e. The van der Waals surface area contributed by atoms with E-state index in [4.69, 9.17) is 4.42 Å². The van der Waals surface area contributed by atoms with E-state index in [1.807, 2.05) is 42.5 Å². The molecule has 0 unspecified atom stereocenters. The van der Waals surface area contributed by atoms with Crippen LogP contribution in [0.5, 0.6) is 0 Å². The van der Waals surface area contributed by atoms with Crippen LogP contribution in [0.2, 0.25) is 0 Å². The fraction of sp³-hybridized carbons (Fsp3) is 0.286. The molecule has 7 heteroatoms. The lowest BCUT2D eigenvalue weighted by molar-refractivity contribution is -0.116. The number of urea groups is 1. The second-order valence-corrected chi connectivity index (χ2v) is 7.16. The fourth-order valence-electron chi connectivity index (χ4n) is 4.00. The van der Waals surface area contributed by atoms with Crippen LogP contribution in [-0.4, -0.2) is 47.5 Å². The van der Waals surface area contributed by atoms with E-state index in [1.165, 1.54) is 4.90 Å². The number of carbonyl (C=O) groups is 2. The Labute approximate surface area is 162 Å². The van der Waals surface area contributed by atoms with E-state index < -0.39 is 0 Å². The minimum Gasteiger partial charge on any atom is -0.423 e. The Morgan fingerprint density at radius 2 is 1.64 bits per heavy atom. The van der Waals surface area contributed by atoms with Crippen molar-refractivity contribution in [3.8, 4) is 0 Å². The molecule has 0 radical (unpaired) electrons. The third kappa shape index (κ3) is 2.79. The molecule has 0 N–H and O–H groups in total. The van der Waals surface area contributed by atoms with Gasteiger partial charge in [0.15, 0.2) is 5.58 Å². The van der Waals surface area contributed by atoms with Crippen LogP contribution < -0.4 is 9.80 Å². The molecule has 0 bridgehead atoms. The van der Waals surface area contributed by atoms with Crippen molar-refractivity contribution < 1.29 is 14.0 Å². The summed E-state index contributed by atoms with van der Waals surface area (Å²) in [6.45, 7) is 1.61. The standard InChI is InChI=1S/C21H20N4O3/c26-19-14-24(21(27)25(19)16-6-2-1-3-7-16)15-10-12-23(13-11-15)20-22-17-8-4-5-9-18(17)28-20/h1-9,15H,10-14H2. The van der Waals surface area contributed by atoms with Gasteiger partial charge in [-0.1, -0.05) is 30.3 Å². The van der Waals surface area contributed by atoms with Gasteiger partial charge in [-0.3, -0.25) is 4.79 Å². The summed E-state index contributed by atoms with van der Waals surface area (Å²) in [7, 11) is 0. The maximum Gasteiger partial charge on any atom is 0.332 e. The van der Waals surface area contributed by atoms with Crippen LogP contribution in [0.3, 0.4) is 0 Å². The number of oxazole rings is 1. The van der Waals surface area contributed by atoms with Gasteiger partial charge in [0, 0.05) is 19.1 Å². The summed E-state index contributed by atoms with van der Waals surface area (Å²) < 4.78 is 5.85. The number of benzene rings is 2. The van der Waals surface area contributed by atoms with Crippen molar-refractivity contribution in [1.29, 1.82) is 0 Å². The quantitative estimate of drug-likeness (QED) is 0.656. The minimum absolute atomic E-state index is 0.0470. The number of rotatable bonds is 3. The molecule has 5 rings (SSSR count). The summed E-state index contributed by atoms with van der Waals surface area (Å²) in [5.74, 6) is -0.169. The van der Waals surface area contributed by atoms with Crippen LogP contribution in [0.15, 0.2) is 59.0 Å². The Balaban J connectivity index is 1.28. The van der Waals surface area contributed by atoms with Gasteiger partial charge in [0.1, 0.15) is 12.1 Å². The van der Waals surface area contributed by atoms with Crippen molar-refractivity contribution in [3.05, 3.63) is 54.6 Å². The molecule has 3 aromatic rings. The van der Waals surface area contributed by atoms with E-state index in [-0.39, 0.29) is 24.5 Å². The molecular weight excluding hydrogens is 356 g/mol. The highest BCUT2D eigenvalue weighted by atomic mass is 16.4. The number of carbonyl (C=O) groups excluding carboxylic acids is 2. The summed E-state index contributed by atoms with van der Waals surface area (Å²) in [4.78, 5) is 35.0. The first-order valence-electron chi connectivity index (χ1n) is 9.50. The van der Waals surface area contributed by atoms with Crippen LogP contribution in [-0.2, 0) is 4.79 Å². The number of hydrogen-bond acceptors (Lipinski definition) is 5. The second kappa shape index (κ2) is 6.67. The van der Waals surface area contributed by atoms with E-state index >= 15 is 0 Å². The highest BCUT2D eigenvalue weighted by molar-refractivity contribution is 6.19. The van der Waals surface area contributed by atoms with Crippen molar-refractivity contribution in [2.45, 2.75) is 18.9 Å². The van der Waals surface area contributed by atoms with Gasteiger partial charge in [-0.25, -0.2) is 9.69 Å². The largest absolute Gasteiger partial charge is 0.423 e. The molecule has 2 aromatic carbocycles. The van der Waals surface area contributed by atoms with Gasteiger partial charge in [-0.15, -0.1) is 0 Å². The predicted octanol–water partition coefficient (Wildman–Crippen LogP) is 3.27.